The summed E-state index contributed by atoms with van der Waals surface area (Å²) in [6, 6.07) is 1.80. The molecule has 112 valence electrons. The molecule has 20 heavy (non-hydrogen) atoms. The number of hydrogen-bond acceptors (Lipinski definition) is 2. The molecule has 0 saturated heterocycles. The number of nitrogens with two attached hydrogens (primary N) is 1. The first-order valence-corrected chi connectivity index (χ1v) is 6.56. The van der Waals surface area contributed by atoms with Crippen LogP contribution in [0, 0.1) is 17.6 Å². The van der Waals surface area contributed by atoms with Gasteiger partial charge in [0.05, 0.1) is 10.7 Å². The van der Waals surface area contributed by atoms with Gasteiger partial charge in [0.2, 0.25) is 5.91 Å². The Labute approximate surface area is 127 Å². The average Bonchev–Trinajstić information content (AvgIpc) is 2.34. The molecule has 1 aromatic carbocycles. The van der Waals surface area contributed by atoms with Crippen LogP contribution in [0.5, 0.6) is 0 Å². The molecule has 7 heteroatoms. The number of benzene rings is 1. The molecule has 0 aliphatic heterocycles. The summed E-state index contributed by atoms with van der Waals surface area (Å²) in [6.45, 7) is 0. The Hall–Kier alpha value is -0.910. The molecule has 0 heterocycles. The van der Waals surface area contributed by atoms with Gasteiger partial charge in [-0.2, -0.15) is 0 Å². The van der Waals surface area contributed by atoms with Crippen LogP contribution in [-0.2, 0) is 4.79 Å². The van der Waals surface area contributed by atoms with Gasteiger partial charge < -0.3 is 11.1 Å². The summed E-state index contributed by atoms with van der Waals surface area (Å²) in [6.07, 6.45) is 2.90. The van der Waals surface area contributed by atoms with Gasteiger partial charge in [-0.1, -0.05) is 11.6 Å². The van der Waals surface area contributed by atoms with Gasteiger partial charge in [0, 0.05) is 18.0 Å². The van der Waals surface area contributed by atoms with Crippen molar-refractivity contribution in [2.24, 2.45) is 11.7 Å². The van der Waals surface area contributed by atoms with Crippen molar-refractivity contribution in [1.82, 2.24) is 0 Å². The van der Waals surface area contributed by atoms with Crippen LogP contribution in [0.4, 0.5) is 14.5 Å². The third-order valence-corrected chi connectivity index (χ3v) is 3.70. The van der Waals surface area contributed by atoms with E-state index in [1.54, 1.807) is 0 Å². The van der Waals surface area contributed by atoms with Gasteiger partial charge in [0.25, 0.3) is 0 Å². The normalized spacial score (nSPS) is 22.0. The van der Waals surface area contributed by atoms with Gasteiger partial charge in [0.15, 0.2) is 5.82 Å². The topological polar surface area (TPSA) is 55.1 Å². The van der Waals surface area contributed by atoms with Gasteiger partial charge in [-0.3, -0.25) is 4.79 Å². The summed E-state index contributed by atoms with van der Waals surface area (Å²) in [4.78, 5) is 12.0. The van der Waals surface area contributed by atoms with Crippen molar-refractivity contribution in [2.75, 3.05) is 5.32 Å². The minimum atomic E-state index is -0.870. The third kappa shape index (κ3) is 4.04. The van der Waals surface area contributed by atoms with Crippen LogP contribution < -0.4 is 11.1 Å². The van der Waals surface area contributed by atoms with Gasteiger partial charge >= 0.3 is 0 Å². The molecule has 3 N–H and O–H groups in total. The number of halogens is 4. The Morgan fingerprint density at radius 1 is 1.25 bits per heavy atom. The summed E-state index contributed by atoms with van der Waals surface area (Å²) in [5.41, 5.74) is 5.60. The van der Waals surface area contributed by atoms with Gasteiger partial charge in [0.1, 0.15) is 5.82 Å². The SMILES string of the molecule is Cl.N[C@H]1CC[C@H](C(=O)Nc2c(F)cc(F)cc2Cl)CC1. The predicted molar refractivity (Wildman–Crippen MR) is 77.2 cm³/mol. The fraction of sp³-hybridized carbons (Fsp3) is 0.462. The standard InChI is InChI=1S/C13H15ClF2N2O.ClH/c14-10-5-8(15)6-11(16)12(10)18-13(19)7-1-3-9(17)4-2-7;/h5-7,9H,1-4,17H2,(H,18,19);1H/t7-,9-;. The molecule has 1 aromatic rings. The highest BCUT2D eigenvalue weighted by molar-refractivity contribution is 6.33. The number of hydrogen-bond donors (Lipinski definition) is 2. The Bertz CT molecular complexity index is 468. The quantitative estimate of drug-likeness (QED) is 0.874. The molecule has 3 nitrogen and oxygen atoms in total. The third-order valence-electron chi connectivity index (χ3n) is 3.40. The van der Waals surface area contributed by atoms with Gasteiger partial charge in [-0.05, 0) is 31.7 Å². The number of carbonyl (C=O) groups excluding carboxylic acids is 1. The van der Waals surface area contributed by atoms with Gasteiger partial charge in [-0.25, -0.2) is 8.78 Å². The predicted octanol–water partition coefficient (Wildman–Crippen LogP) is 3.50. The number of anilines is 1. The zero-order valence-electron chi connectivity index (χ0n) is 10.7. The minimum absolute atomic E-state index is 0. The van der Waals surface area contributed by atoms with Crippen molar-refractivity contribution in [3.05, 3.63) is 28.8 Å². The van der Waals surface area contributed by atoms with Crippen molar-refractivity contribution in [3.8, 4) is 0 Å². The summed E-state index contributed by atoms with van der Waals surface area (Å²) >= 11 is 5.73. The van der Waals surface area contributed by atoms with Crippen molar-refractivity contribution >= 4 is 35.6 Å². The molecule has 0 spiro atoms. The van der Waals surface area contributed by atoms with Crippen LogP contribution in [0.2, 0.25) is 5.02 Å². The second-order valence-electron chi connectivity index (χ2n) is 4.85. The van der Waals surface area contributed by atoms with Gasteiger partial charge in [-0.15, -0.1) is 12.4 Å². The molecular formula is C13H16Cl2F2N2O. The number of carbonyl (C=O) groups is 1. The van der Waals surface area contributed by atoms with Crippen molar-refractivity contribution in [1.29, 1.82) is 0 Å². The van der Waals surface area contributed by atoms with Crippen LogP contribution in [0.15, 0.2) is 12.1 Å². The lowest BCUT2D eigenvalue weighted by molar-refractivity contribution is -0.120. The molecule has 1 aliphatic rings. The molecule has 0 bridgehead atoms. The summed E-state index contributed by atoms with van der Waals surface area (Å²) in [5.74, 6) is -2.13. The summed E-state index contributed by atoms with van der Waals surface area (Å²) in [5, 5.41) is 2.30. The van der Waals surface area contributed by atoms with Crippen LogP contribution in [0.1, 0.15) is 25.7 Å². The fourth-order valence-electron chi connectivity index (χ4n) is 2.27. The maximum Gasteiger partial charge on any atom is 0.227 e. The molecule has 1 amide bonds. The van der Waals surface area contributed by atoms with Crippen LogP contribution in [0.25, 0.3) is 0 Å². The molecule has 1 saturated carbocycles. The smallest absolute Gasteiger partial charge is 0.227 e. The number of rotatable bonds is 2. The van der Waals surface area contributed by atoms with E-state index < -0.39 is 11.6 Å². The zero-order valence-corrected chi connectivity index (χ0v) is 12.2. The summed E-state index contributed by atoms with van der Waals surface area (Å²) < 4.78 is 26.4. The van der Waals surface area contributed by atoms with Crippen molar-refractivity contribution in [3.63, 3.8) is 0 Å². The molecule has 1 aliphatic carbocycles. The lowest BCUT2D eigenvalue weighted by Gasteiger charge is -2.25. The highest BCUT2D eigenvalue weighted by Crippen LogP contribution is 2.29. The lowest BCUT2D eigenvalue weighted by atomic mass is 9.86. The van der Waals surface area contributed by atoms with Crippen molar-refractivity contribution < 1.29 is 13.6 Å². The first-order valence-electron chi connectivity index (χ1n) is 6.18. The van der Waals surface area contributed by atoms with E-state index >= 15 is 0 Å². The first-order chi connectivity index (χ1) is 8.97. The van der Waals surface area contributed by atoms with E-state index in [2.05, 4.69) is 5.32 Å². The average molecular weight is 325 g/mol. The molecule has 0 aromatic heterocycles. The van der Waals surface area contributed by atoms with E-state index in [1.807, 2.05) is 0 Å². The zero-order chi connectivity index (χ0) is 14.0. The maximum absolute atomic E-state index is 13.5. The van der Waals surface area contributed by atoms with E-state index in [1.165, 1.54) is 0 Å². The minimum Gasteiger partial charge on any atom is -0.328 e. The fourth-order valence-corrected chi connectivity index (χ4v) is 2.51. The highest BCUT2D eigenvalue weighted by Gasteiger charge is 2.25. The second kappa shape index (κ2) is 7.20. The monoisotopic (exact) mass is 324 g/mol. The van der Waals surface area contributed by atoms with E-state index in [-0.39, 0.29) is 41.0 Å². The van der Waals surface area contributed by atoms with E-state index in [9.17, 15) is 13.6 Å². The molecule has 0 unspecified atom stereocenters. The van der Waals surface area contributed by atoms with Crippen LogP contribution in [-0.4, -0.2) is 11.9 Å². The van der Waals surface area contributed by atoms with E-state index in [0.717, 1.165) is 18.9 Å². The van der Waals surface area contributed by atoms with Crippen LogP contribution in [0.3, 0.4) is 0 Å². The molecular weight excluding hydrogens is 309 g/mol. The Morgan fingerprint density at radius 2 is 1.85 bits per heavy atom. The number of amides is 1. The summed E-state index contributed by atoms with van der Waals surface area (Å²) in [7, 11) is 0. The Balaban J connectivity index is 0.00000200. The molecule has 2 rings (SSSR count). The maximum atomic E-state index is 13.5. The molecule has 0 atom stereocenters. The second-order valence-corrected chi connectivity index (χ2v) is 5.25. The largest absolute Gasteiger partial charge is 0.328 e. The number of nitrogens with one attached hydrogen (secondary N) is 1. The molecule has 0 radical (unpaired) electrons. The van der Waals surface area contributed by atoms with E-state index in [4.69, 9.17) is 17.3 Å². The Kier molecular flexibility index (Phi) is 6.17. The van der Waals surface area contributed by atoms with Crippen LogP contribution >= 0.6 is 24.0 Å². The Morgan fingerprint density at radius 3 is 2.40 bits per heavy atom. The highest BCUT2D eigenvalue weighted by atomic mass is 35.5. The van der Waals surface area contributed by atoms with E-state index in [0.29, 0.717) is 18.9 Å². The van der Waals surface area contributed by atoms with Crippen molar-refractivity contribution in [2.45, 2.75) is 31.7 Å². The first kappa shape index (κ1) is 17.1. The lowest BCUT2D eigenvalue weighted by Crippen LogP contribution is -2.32. The molecule has 1 fully saturated rings.